The van der Waals surface area contributed by atoms with Crippen LogP contribution < -0.4 is 5.73 Å². The number of nitrogens with zero attached hydrogens (tertiary/aromatic N) is 4. The molecule has 1 amide bonds. The third kappa shape index (κ3) is 4.18. The molecule has 1 unspecified atom stereocenters. The minimum atomic E-state index is -0.505. The van der Waals surface area contributed by atoms with Gasteiger partial charge in [-0.25, -0.2) is 4.39 Å². The summed E-state index contributed by atoms with van der Waals surface area (Å²) in [4.78, 5) is 26.9. The molecule has 152 valence electrons. The molecule has 0 bridgehead atoms. The molecule has 4 heterocycles. The van der Waals surface area contributed by atoms with Crippen LogP contribution in [-0.2, 0) is 11.3 Å². The Morgan fingerprint density at radius 3 is 2.73 bits per heavy atom. The van der Waals surface area contributed by atoms with Crippen molar-refractivity contribution in [1.29, 1.82) is 0 Å². The van der Waals surface area contributed by atoms with E-state index < -0.39 is 11.7 Å². The number of thioether (sulfide) groups is 1. The Bertz CT molecular complexity index is 1150. The topological polar surface area (TPSA) is 85.0 Å². The number of rotatable bonds is 5. The van der Waals surface area contributed by atoms with E-state index in [0.717, 1.165) is 34.3 Å². The van der Waals surface area contributed by atoms with Crippen LogP contribution >= 0.6 is 11.8 Å². The van der Waals surface area contributed by atoms with Crippen LogP contribution in [0.4, 0.5) is 4.39 Å². The van der Waals surface area contributed by atoms with E-state index in [2.05, 4.69) is 21.0 Å². The normalized spacial score (nSPS) is 15.9. The Morgan fingerprint density at radius 2 is 2.03 bits per heavy atom. The number of aryl methyl sites for hydroxylation is 2. The molecule has 8 heteroatoms. The largest absolute Gasteiger partial charge is 0.365 e. The Balaban J connectivity index is 1.62. The van der Waals surface area contributed by atoms with Crippen LogP contribution in [0.15, 0.2) is 60.2 Å². The third-order valence-electron chi connectivity index (χ3n) is 4.75. The summed E-state index contributed by atoms with van der Waals surface area (Å²) in [5, 5.41) is -0.293. The quantitative estimate of drug-likeness (QED) is 0.673. The number of amides is 1. The number of aromatic nitrogens is 3. The van der Waals surface area contributed by atoms with Gasteiger partial charge in [0.25, 0.3) is 5.91 Å². The fourth-order valence-electron chi connectivity index (χ4n) is 3.44. The van der Waals surface area contributed by atoms with Crippen molar-refractivity contribution in [2.24, 2.45) is 5.73 Å². The molecular weight excluding hydrogens is 401 g/mol. The molecule has 2 N–H and O–H groups in total. The molecule has 1 atom stereocenters. The summed E-state index contributed by atoms with van der Waals surface area (Å²) in [6.07, 6.45) is 8.07. The number of pyridine rings is 3. The van der Waals surface area contributed by atoms with Gasteiger partial charge in [-0.3, -0.25) is 19.7 Å². The van der Waals surface area contributed by atoms with Crippen LogP contribution in [-0.4, -0.2) is 25.8 Å². The van der Waals surface area contributed by atoms with E-state index in [-0.39, 0.29) is 5.37 Å². The number of primary amides is 1. The summed E-state index contributed by atoms with van der Waals surface area (Å²) < 4.78 is 13.7. The van der Waals surface area contributed by atoms with Crippen molar-refractivity contribution >= 4 is 17.7 Å². The molecule has 0 radical (unpaired) electrons. The summed E-state index contributed by atoms with van der Waals surface area (Å²) in [5.74, 6) is -0.926. The van der Waals surface area contributed by atoms with Gasteiger partial charge in [0.1, 0.15) is 11.2 Å². The summed E-state index contributed by atoms with van der Waals surface area (Å²) in [6.45, 7) is 4.45. The van der Waals surface area contributed by atoms with Crippen molar-refractivity contribution in [2.75, 3.05) is 0 Å². The fraction of sp³-hybridized carbons (Fsp3) is 0.182. The lowest BCUT2D eigenvalue weighted by Crippen LogP contribution is -2.18. The zero-order valence-corrected chi connectivity index (χ0v) is 17.4. The highest BCUT2D eigenvalue weighted by Crippen LogP contribution is 2.44. The highest BCUT2D eigenvalue weighted by Gasteiger charge is 2.30. The van der Waals surface area contributed by atoms with Crippen molar-refractivity contribution in [3.05, 3.63) is 88.4 Å². The first-order valence-electron chi connectivity index (χ1n) is 9.34. The summed E-state index contributed by atoms with van der Waals surface area (Å²) in [6, 6.07) is 7.43. The van der Waals surface area contributed by atoms with Crippen molar-refractivity contribution in [2.45, 2.75) is 25.8 Å². The minimum Gasteiger partial charge on any atom is -0.365 e. The van der Waals surface area contributed by atoms with Crippen molar-refractivity contribution < 1.29 is 9.18 Å². The van der Waals surface area contributed by atoms with Gasteiger partial charge in [-0.2, -0.15) is 0 Å². The molecule has 6 nitrogen and oxygen atoms in total. The van der Waals surface area contributed by atoms with Crippen LogP contribution in [0.3, 0.4) is 0 Å². The van der Waals surface area contributed by atoms with Gasteiger partial charge in [-0.1, -0.05) is 17.8 Å². The van der Waals surface area contributed by atoms with Gasteiger partial charge < -0.3 is 10.6 Å². The van der Waals surface area contributed by atoms with Gasteiger partial charge in [0.15, 0.2) is 0 Å². The molecule has 3 aromatic heterocycles. The summed E-state index contributed by atoms with van der Waals surface area (Å²) in [5.41, 5.74) is 11.0. The molecule has 0 spiro atoms. The third-order valence-corrected chi connectivity index (χ3v) is 6.07. The van der Waals surface area contributed by atoms with Crippen LogP contribution in [0.25, 0.3) is 11.3 Å². The highest BCUT2D eigenvalue weighted by molar-refractivity contribution is 8.04. The molecular formula is C22H20FN5OS. The SMILES string of the molecule is Cc1cc(-c2ncc(CN3C=C(C(N)=O)SC3c3cncc(F)c3)cc2C)ccn1. The van der Waals surface area contributed by atoms with Crippen LogP contribution in [0.1, 0.15) is 27.8 Å². The molecule has 3 aromatic rings. The lowest BCUT2D eigenvalue weighted by atomic mass is 10.1. The second kappa shape index (κ2) is 8.23. The van der Waals surface area contributed by atoms with Gasteiger partial charge in [0, 0.05) is 48.2 Å². The van der Waals surface area contributed by atoms with Crippen LogP contribution in [0, 0.1) is 19.7 Å². The van der Waals surface area contributed by atoms with Crippen molar-refractivity contribution in [3.8, 4) is 11.3 Å². The zero-order valence-electron chi connectivity index (χ0n) is 16.5. The van der Waals surface area contributed by atoms with Crippen LogP contribution in [0.5, 0.6) is 0 Å². The van der Waals surface area contributed by atoms with Gasteiger partial charge in [-0.05, 0) is 43.2 Å². The lowest BCUT2D eigenvalue weighted by molar-refractivity contribution is -0.113. The van der Waals surface area contributed by atoms with Gasteiger partial charge >= 0.3 is 0 Å². The van der Waals surface area contributed by atoms with E-state index in [9.17, 15) is 9.18 Å². The Labute approximate surface area is 178 Å². The minimum absolute atomic E-state index is 0.293. The Kier molecular flexibility index (Phi) is 5.50. The molecule has 0 saturated carbocycles. The number of hydrogen-bond acceptors (Lipinski definition) is 6. The van der Waals surface area contributed by atoms with Crippen LogP contribution in [0.2, 0.25) is 0 Å². The number of carbonyl (C=O) groups excluding carboxylic acids is 1. The molecule has 0 fully saturated rings. The summed E-state index contributed by atoms with van der Waals surface area (Å²) in [7, 11) is 0. The maximum absolute atomic E-state index is 13.7. The predicted molar refractivity (Wildman–Crippen MR) is 114 cm³/mol. The second-order valence-electron chi connectivity index (χ2n) is 7.13. The first-order valence-corrected chi connectivity index (χ1v) is 10.2. The smallest absolute Gasteiger partial charge is 0.256 e. The summed E-state index contributed by atoms with van der Waals surface area (Å²) >= 11 is 1.29. The molecule has 1 aliphatic heterocycles. The van der Waals surface area contributed by atoms with Gasteiger partial charge in [0.05, 0.1) is 16.8 Å². The molecule has 1 aliphatic rings. The average molecular weight is 422 g/mol. The van der Waals surface area contributed by atoms with Gasteiger partial charge in [-0.15, -0.1) is 0 Å². The molecule has 0 saturated heterocycles. The van der Waals surface area contributed by atoms with E-state index in [4.69, 9.17) is 5.73 Å². The highest BCUT2D eigenvalue weighted by atomic mass is 32.2. The monoisotopic (exact) mass is 421 g/mol. The van der Waals surface area contributed by atoms with E-state index in [1.807, 2.05) is 37.1 Å². The standard InChI is InChI=1S/C22H20FN5OS/c1-13-5-15(8-27-20(13)16-3-4-26-14(2)6-16)11-28-12-19(21(24)29)30-22(28)17-7-18(23)10-25-9-17/h3-10,12,22H,11H2,1-2H3,(H2,24,29). The lowest BCUT2D eigenvalue weighted by Gasteiger charge is -2.25. The first-order chi connectivity index (χ1) is 14.4. The zero-order chi connectivity index (χ0) is 21.3. The maximum atomic E-state index is 13.7. The van der Waals surface area contributed by atoms with E-state index >= 15 is 0 Å². The van der Waals surface area contributed by atoms with Gasteiger partial charge in [0.2, 0.25) is 0 Å². The predicted octanol–water partition coefficient (Wildman–Crippen LogP) is 3.87. The number of halogens is 1. The molecule has 30 heavy (non-hydrogen) atoms. The number of hydrogen-bond donors (Lipinski definition) is 1. The average Bonchev–Trinajstić information content (AvgIpc) is 3.12. The maximum Gasteiger partial charge on any atom is 0.256 e. The first kappa shape index (κ1) is 20.0. The fourth-order valence-corrected chi connectivity index (χ4v) is 4.52. The second-order valence-corrected chi connectivity index (χ2v) is 8.25. The molecule has 0 aromatic carbocycles. The van der Waals surface area contributed by atoms with Crippen molar-refractivity contribution in [1.82, 2.24) is 19.9 Å². The number of carbonyl (C=O) groups is 1. The molecule has 4 rings (SSSR count). The van der Waals surface area contributed by atoms with E-state index in [1.165, 1.54) is 17.8 Å². The molecule has 0 aliphatic carbocycles. The van der Waals surface area contributed by atoms with E-state index in [0.29, 0.717) is 17.0 Å². The van der Waals surface area contributed by atoms with Crippen molar-refractivity contribution in [3.63, 3.8) is 0 Å². The number of nitrogens with two attached hydrogens (primary N) is 1. The van der Waals surface area contributed by atoms with E-state index in [1.54, 1.807) is 18.6 Å². The Morgan fingerprint density at radius 1 is 1.20 bits per heavy atom. The Hall–Kier alpha value is -3.26.